The number of likely N-dealkylation sites (N-methyl/N-ethyl adjacent to an activating group) is 1. The summed E-state index contributed by atoms with van der Waals surface area (Å²) >= 11 is 0. The second-order valence-corrected chi connectivity index (χ2v) is 5.64. The molecule has 0 unspecified atom stereocenters. The van der Waals surface area contributed by atoms with Gasteiger partial charge in [-0.3, -0.25) is 0 Å². The van der Waals surface area contributed by atoms with Gasteiger partial charge >= 0.3 is 5.97 Å². The normalized spacial score (nSPS) is 24.1. The third kappa shape index (κ3) is 4.28. The standard InChI is InChI=1S/C15H21FN2O2/c1-12(11-18-8-6-17(2)7-9-18)20-15(19)13-4-3-5-14(16)10-13/h3-5,10,12H,6-9,11H2,1-2H3/p+2/t12-/m1/s1. The Labute approximate surface area is 119 Å². The summed E-state index contributed by atoms with van der Waals surface area (Å²) in [6.07, 6.45) is -0.154. The van der Waals surface area contributed by atoms with Crippen molar-refractivity contribution in [2.75, 3.05) is 39.8 Å². The molecule has 1 atom stereocenters. The number of hydrogen-bond acceptors (Lipinski definition) is 2. The van der Waals surface area contributed by atoms with Gasteiger partial charge in [0.2, 0.25) is 0 Å². The molecule has 110 valence electrons. The van der Waals surface area contributed by atoms with Gasteiger partial charge in [0, 0.05) is 0 Å². The molecule has 1 aromatic rings. The number of carbonyl (C=O) groups is 1. The van der Waals surface area contributed by atoms with Crippen molar-refractivity contribution in [3.8, 4) is 0 Å². The second-order valence-electron chi connectivity index (χ2n) is 5.64. The van der Waals surface area contributed by atoms with Crippen molar-refractivity contribution in [1.82, 2.24) is 0 Å². The van der Waals surface area contributed by atoms with Crippen LogP contribution in [0, 0.1) is 5.82 Å². The molecule has 0 saturated carbocycles. The van der Waals surface area contributed by atoms with Crippen molar-refractivity contribution in [3.05, 3.63) is 35.6 Å². The fraction of sp³-hybridized carbons (Fsp3) is 0.533. The van der Waals surface area contributed by atoms with Gasteiger partial charge in [0.1, 0.15) is 44.6 Å². The maximum Gasteiger partial charge on any atom is 0.338 e. The fourth-order valence-corrected chi connectivity index (χ4v) is 2.55. The highest BCUT2D eigenvalue weighted by Gasteiger charge is 2.23. The SMILES string of the molecule is C[C@H](C[NH+]1CC[NH+](C)CC1)OC(=O)c1cccc(F)c1. The van der Waals surface area contributed by atoms with Crippen LogP contribution in [-0.2, 0) is 4.74 Å². The van der Waals surface area contributed by atoms with Gasteiger partial charge in [0.05, 0.1) is 12.6 Å². The molecular weight excluding hydrogens is 259 g/mol. The van der Waals surface area contributed by atoms with Gasteiger partial charge in [0.25, 0.3) is 0 Å². The number of ether oxygens (including phenoxy) is 1. The maximum absolute atomic E-state index is 13.1. The zero-order chi connectivity index (χ0) is 14.5. The van der Waals surface area contributed by atoms with Crippen LogP contribution in [0.3, 0.4) is 0 Å². The number of hydrogen-bond donors (Lipinski definition) is 2. The van der Waals surface area contributed by atoms with Crippen LogP contribution in [0.2, 0.25) is 0 Å². The van der Waals surface area contributed by atoms with Crippen LogP contribution < -0.4 is 9.80 Å². The molecular formula is C15H23FN2O2+2. The van der Waals surface area contributed by atoms with Crippen LogP contribution in [0.1, 0.15) is 17.3 Å². The predicted molar refractivity (Wildman–Crippen MR) is 73.5 cm³/mol. The summed E-state index contributed by atoms with van der Waals surface area (Å²) in [4.78, 5) is 14.9. The molecule has 5 heteroatoms. The molecule has 4 nitrogen and oxygen atoms in total. The molecule has 1 aromatic carbocycles. The van der Waals surface area contributed by atoms with Crippen molar-refractivity contribution in [1.29, 1.82) is 0 Å². The summed E-state index contributed by atoms with van der Waals surface area (Å²) in [5.41, 5.74) is 0.273. The number of benzene rings is 1. The van der Waals surface area contributed by atoms with Gasteiger partial charge in [-0.2, -0.15) is 0 Å². The summed E-state index contributed by atoms with van der Waals surface area (Å²) < 4.78 is 18.4. The summed E-state index contributed by atoms with van der Waals surface area (Å²) in [5, 5.41) is 0. The Morgan fingerprint density at radius 3 is 2.70 bits per heavy atom. The van der Waals surface area contributed by atoms with Crippen molar-refractivity contribution in [2.45, 2.75) is 13.0 Å². The minimum Gasteiger partial charge on any atom is -0.453 e. The number of esters is 1. The molecule has 2 N–H and O–H groups in total. The lowest BCUT2D eigenvalue weighted by Gasteiger charge is -2.28. The van der Waals surface area contributed by atoms with E-state index in [4.69, 9.17) is 4.74 Å². The molecule has 1 fully saturated rings. The van der Waals surface area contributed by atoms with Crippen LogP contribution in [0.15, 0.2) is 24.3 Å². The molecule has 0 bridgehead atoms. The van der Waals surface area contributed by atoms with Crippen molar-refractivity contribution < 1.29 is 23.7 Å². The van der Waals surface area contributed by atoms with Gasteiger partial charge in [-0.05, 0) is 25.1 Å². The maximum atomic E-state index is 13.1. The summed E-state index contributed by atoms with van der Waals surface area (Å²) in [5.74, 6) is -0.865. The first-order valence-electron chi connectivity index (χ1n) is 7.16. The van der Waals surface area contributed by atoms with Gasteiger partial charge < -0.3 is 14.5 Å². The quantitative estimate of drug-likeness (QED) is 0.680. The third-order valence-electron chi connectivity index (χ3n) is 3.76. The van der Waals surface area contributed by atoms with E-state index in [-0.39, 0.29) is 11.7 Å². The number of nitrogens with one attached hydrogen (secondary N) is 2. The number of rotatable bonds is 4. The molecule has 0 aliphatic carbocycles. The van der Waals surface area contributed by atoms with E-state index in [9.17, 15) is 9.18 Å². The van der Waals surface area contributed by atoms with Crippen LogP contribution in [0.5, 0.6) is 0 Å². The number of halogens is 1. The number of piperazine rings is 1. The monoisotopic (exact) mass is 282 g/mol. The average Bonchev–Trinajstić information content (AvgIpc) is 2.41. The third-order valence-corrected chi connectivity index (χ3v) is 3.76. The fourth-order valence-electron chi connectivity index (χ4n) is 2.55. The van der Waals surface area contributed by atoms with Gasteiger partial charge in [0.15, 0.2) is 0 Å². The van der Waals surface area contributed by atoms with E-state index in [1.807, 2.05) is 6.92 Å². The smallest absolute Gasteiger partial charge is 0.338 e. The van der Waals surface area contributed by atoms with E-state index in [0.29, 0.717) is 0 Å². The van der Waals surface area contributed by atoms with Gasteiger partial charge in [-0.15, -0.1) is 0 Å². The first-order chi connectivity index (χ1) is 9.54. The molecule has 0 amide bonds. The highest BCUT2D eigenvalue weighted by atomic mass is 19.1. The Morgan fingerprint density at radius 1 is 1.35 bits per heavy atom. The molecule has 0 aromatic heterocycles. The Hall–Kier alpha value is -1.46. The van der Waals surface area contributed by atoms with Crippen LogP contribution in [-0.4, -0.2) is 51.8 Å². The lowest BCUT2D eigenvalue weighted by molar-refractivity contribution is -1.00. The second kappa shape index (κ2) is 6.81. The van der Waals surface area contributed by atoms with E-state index >= 15 is 0 Å². The summed E-state index contributed by atoms with van der Waals surface area (Å²) in [6, 6.07) is 5.62. The number of quaternary nitrogens is 2. The Kier molecular flexibility index (Phi) is 5.09. The van der Waals surface area contributed by atoms with Crippen LogP contribution >= 0.6 is 0 Å². The Balaban J connectivity index is 1.82. The zero-order valence-electron chi connectivity index (χ0n) is 12.1. The van der Waals surface area contributed by atoms with E-state index in [2.05, 4.69) is 7.05 Å². The zero-order valence-corrected chi connectivity index (χ0v) is 12.1. The van der Waals surface area contributed by atoms with E-state index < -0.39 is 11.8 Å². The minimum absolute atomic E-state index is 0.154. The number of carbonyl (C=O) groups excluding carboxylic acids is 1. The van der Waals surface area contributed by atoms with Gasteiger partial charge in [-0.25, -0.2) is 9.18 Å². The molecule has 2 rings (SSSR count). The highest BCUT2D eigenvalue weighted by Crippen LogP contribution is 2.06. The largest absolute Gasteiger partial charge is 0.453 e. The van der Waals surface area contributed by atoms with Crippen LogP contribution in [0.4, 0.5) is 4.39 Å². The highest BCUT2D eigenvalue weighted by molar-refractivity contribution is 5.89. The molecule has 20 heavy (non-hydrogen) atoms. The van der Waals surface area contributed by atoms with E-state index in [0.717, 1.165) is 32.7 Å². The summed E-state index contributed by atoms with van der Waals surface area (Å²) in [6.45, 7) is 7.23. The molecule has 1 aliphatic heterocycles. The summed E-state index contributed by atoms with van der Waals surface area (Å²) in [7, 11) is 2.20. The molecule has 0 radical (unpaired) electrons. The van der Waals surface area contributed by atoms with E-state index in [1.165, 1.54) is 23.1 Å². The molecule has 1 aliphatic rings. The molecule has 0 spiro atoms. The molecule has 1 saturated heterocycles. The minimum atomic E-state index is -0.448. The Morgan fingerprint density at radius 2 is 2.05 bits per heavy atom. The van der Waals surface area contributed by atoms with E-state index in [1.54, 1.807) is 11.0 Å². The lowest BCUT2D eigenvalue weighted by Crippen LogP contribution is -3.27. The average molecular weight is 282 g/mol. The topological polar surface area (TPSA) is 35.2 Å². The van der Waals surface area contributed by atoms with Crippen molar-refractivity contribution >= 4 is 5.97 Å². The predicted octanol–water partition coefficient (Wildman–Crippen LogP) is -1.22. The van der Waals surface area contributed by atoms with Crippen LogP contribution in [0.25, 0.3) is 0 Å². The van der Waals surface area contributed by atoms with Gasteiger partial charge in [-0.1, -0.05) is 6.07 Å². The molecule has 1 heterocycles. The Bertz CT molecular complexity index is 459. The van der Waals surface area contributed by atoms with Crippen molar-refractivity contribution in [2.24, 2.45) is 0 Å². The first-order valence-corrected chi connectivity index (χ1v) is 7.16. The lowest BCUT2D eigenvalue weighted by atomic mass is 10.2. The first kappa shape index (κ1) is 14.9. The van der Waals surface area contributed by atoms with Crippen molar-refractivity contribution in [3.63, 3.8) is 0 Å².